The van der Waals surface area contributed by atoms with E-state index in [0.717, 1.165) is 5.56 Å². The molecule has 0 bridgehead atoms. The zero-order chi connectivity index (χ0) is 17.2. The second-order valence-electron chi connectivity index (χ2n) is 5.82. The molecular formula is C16H18F3N3O2. The number of nitrogens with zero attached hydrogens (tertiary/aromatic N) is 2. The molecule has 1 aromatic heterocycles. The van der Waals surface area contributed by atoms with Gasteiger partial charge in [-0.1, -0.05) is 12.1 Å². The fourth-order valence-electron chi connectivity index (χ4n) is 2.79. The normalized spacial score (nSPS) is 23.8. The molecule has 1 aromatic carbocycles. The number of aliphatic hydroxyl groups excluding tert-OH is 1. The van der Waals surface area contributed by atoms with Gasteiger partial charge in [0.05, 0.1) is 12.1 Å². The fraction of sp³-hybridized carbons (Fsp3) is 0.438. The highest BCUT2D eigenvalue weighted by molar-refractivity contribution is 5.28. The molecule has 3 atom stereocenters. The lowest BCUT2D eigenvalue weighted by atomic mass is 9.83. The van der Waals surface area contributed by atoms with Crippen LogP contribution in [0.3, 0.4) is 0 Å². The average Bonchev–Trinajstić information content (AvgIpc) is 3.02. The lowest BCUT2D eigenvalue weighted by Gasteiger charge is -2.42. The molecule has 1 heterocycles. The third-order valence-electron chi connectivity index (χ3n) is 4.00. The van der Waals surface area contributed by atoms with Gasteiger partial charge in [-0.05, 0) is 30.2 Å². The molecule has 0 amide bonds. The Morgan fingerprint density at radius 3 is 2.83 bits per heavy atom. The van der Waals surface area contributed by atoms with E-state index < -0.39 is 18.9 Å². The van der Waals surface area contributed by atoms with Crippen LogP contribution in [-0.2, 0) is 6.54 Å². The zero-order valence-corrected chi connectivity index (χ0v) is 12.8. The van der Waals surface area contributed by atoms with E-state index in [9.17, 15) is 18.3 Å². The first kappa shape index (κ1) is 16.8. The van der Waals surface area contributed by atoms with Crippen LogP contribution in [0.5, 0.6) is 5.75 Å². The highest BCUT2D eigenvalue weighted by Gasteiger charge is 2.41. The van der Waals surface area contributed by atoms with Crippen molar-refractivity contribution in [2.24, 2.45) is 0 Å². The molecule has 24 heavy (non-hydrogen) atoms. The number of benzene rings is 1. The minimum atomic E-state index is -4.35. The average molecular weight is 341 g/mol. The van der Waals surface area contributed by atoms with Crippen molar-refractivity contribution in [3.8, 4) is 5.75 Å². The summed E-state index contributed by atoms with van der Waals surface area (Å²) < 4.78 is 43.0. The van der Waals surface area contributed by atoms with Crippen LogP contribution in [0.15, 0.2) is 42.7 Å². The lowest BCUT2D eigenvalue weighted by molar-refractivity contribution is -0.153. The molecule has 2 aromatic rings. The largest absolute Gasteiger partial charge is 0.484 e. The van der Waals surface area contributed by atoms with E-state index >= 15 is 0 Å². The van der Waals surface area contributed by atoms with Crippen molar-refractivity contribution >= 4 is 0 Å². The third-order valence-corrected chi connectivity index (χ3v) is 4.00. The molecule has 3 rings (SSSR count). The number of halogens is 3. The zero-order valence-electron chi connectivity index (χ0n) is 12.8. The Labute approximate surface area is 137 Å². The van der Waals surface area contributed by atoms with Gasteiger partial charge in [0.15, 0.2) is 6.61 Å². The monoisotopic (exact) mass is 341 g/mol. The maximum Gasteiger partial charge on any atom is 0.422 e. The standard InChI is InChI=1S/C16H18F3N3O2/c17-16(18,19)10-24-12-4-1-3-11(7-12)9-20-13-8-14(23)15(13)22-6-2-5-21-22/h1-7,13-15,20,23H,8-10H2/t13-,14+,15+/m0/s1. The topological polar surface area (TPSA) is 59.3 Å². The summed E-state index contributed by atoms with van der Waals surface area (Å²) in [6.07, 6.45) is -0.747. The molecule has 0 unspecified atom stereocenters. The van der Waals surface area contributed by atoms with Crippen molar-refractivity contribution < 1.29 is 23.0 Å². The van der Waals surface area contributed by atoms with Crippen LogP contribution in [0.2, 0.25) is 0 Å². The number of hydrogen-bond acceptors (Lipinski definition) is 4. The molecule has 1 aliphatic rings. The Kier molecular flexibility index (Phi) is 4.77. The summed E-state index contributed by atoms with van der Waals surface area (Å²) in [5, 5.41) is 17.4. The molecule has 0 spiro atoms. The number of rotatable bonds is 6. The van der Waals surface area contributed by atoms with Crippen LogP contribution in [0.4, 0.5) is 13.2 Å². The summed E-state index contributed by atoms with van der Waals surface area (Å²) in [4.78, 5) is 0. The van der Waals surface area contributed by atoms with Gasteiger partial charge >= 0.3 is 6.18 Å². The fourth-order valence-corrected chi connectivity index (χ4v) is 2.79. The van der Waals surface area contributed by atoms with Gasteiger partial charge in [0.25, 0.3) is 0 Å². The van der Waals surface area contributed by atoms with Gasteiger partial charge in [-0.15, -0.1) is 0 Å². The number of ether oxygens (including phenoxy) is 1. The maximum atomic E-state index is 12.2. The molecule has 0 radical (unpaired) electrons. The summed E-state index contributed by atoms with van der Waals surface area (Å²) in [6, 6.07) is 8.26. The first-order chi connectivity index (χ1) is 11.4. The number of aromatic nitrogens is 2. The number of nitrogens with one attached hydrogen (secondary N) is 1. The molecule has 130 valence electrons. The van der Waals surface area contributed by atoms with E-state index in [1.54, 1.807) is 35.3 Å². The quantitative estimate of drug-likeness (QED) is 0.846. The molecule has 1 saturated carbocycles. The van der Waals surface area contributed by atoms with E-state index in [2.05, 4.69) is 10.4 Å². The molecule has 2 N–H and O–H groups in total. The molecular weight excluding hydrogens is 323 g/mol. The van der Waals surface area contributed by atoms with Gasteiger partial charge in [0.1, 0.15) is 5.75 Å². The van der Waals surface area contributed by atoms with E-state index in [1.165, 1.54) is 6.07 Å². The summed E-state index contributed by atoms with van der Waals surface area (Å²) >= 11 is 0. The van der Waals surface area contributed by atoms with Crippen molar-refractivity contribution in [1.29, 1.82) is 0 Å². The molecule has 1 aliphatic carbocycles. The van der Waals surface area contributed by atoms with Crippen molar-refractivity contribution in [3.63, 3.8) is 0 Å². The summed E-state index contributed by atoms with van der Waals surface area (Å²) in [6.45, 7) is -0.835. The maximum absolute atomic E-state index is 12.2. The molecule has 5 nitrogen and oxygen atoms in total. The first-order valence-corrected chi connectivity index (χ1v) is 7.61. The second kappa shape index (κ2) is 6.82. The Morgan fingerprint density at radius 1 is 1.33 bits per heavy atom. The highest BCUT2D eigenvalue weighted by Crippen LogP contribution is 2.32. The van der Waals surface area contributed by atoms with Crippen LogP contribution < -0.4 is 10.1 Å². The van der Waals surface area contributed by atoms with Crippen LogP contribution >= 0.6 is 0 Å². The first-order valence-electron chi connectivity index (χ1n) is 7.61. The Balaban J connectivity index is 1.55. The third kappa shape index (κ3) is 4.07. The van der Waals surface area contributed by atoms with Gasteiger partial charge in [0, 0.05) is 25.0 Å². The Hall–Kier alpha value is -2.06. The van der Waals surface area contributed by atoms with E-state index in [1.807, 2.05) is 6.07 Å². The lowest BCUT2D eigenvalue weighted by Crippen LogP contribution is -2.54. The number of aliphatic hydroxyl groups is 1. The highest BCUT2D eigenvalue weighted by atomic mass is 19.4. The minimum absolute atomic E-state index is 0.0552. The number of hydrogen-bond donors (Lipinski definition) is 2. The molecule has 0 saturated heterocycles. The van der Waals surface area contributed by atoms with E-state index in [0.29, 0.717) is 13.0 Å². The number of alkyl halides is 3. The van der Waals surface area contributed by atoms with Gasteiger partial charge in [-0.2, -0.15) is 18.3 Å². The van der Waals surface area contributed by atoms with E-state index in [4.69, 9.17) is 4.74 Å². The predicted octanol–water partition coefficient (Wildman–Crippen LogP) is 2.29. The molecule has 1 fully saturated rings. The van der Waals surface area contributed by atoms with Crippen molar-refractivity contribution in [2.45, 2.75) is 37.3 Å². The Morgan fingerprint density at radius 2 is 2.17 bits per heavy atom. The van der Waals surface area contributed by atoms with Crippen LogP contribution in [-0.4, -0.2) is 39.8 Å². The molecule has 8 heteroatoms. The van der Waals surface area contributed by atoms with Crippen LogP contribution in [0, 0.1) is 0 Å². The van der Waals surface area contributed by atoms with Crippen LogP contribution in [0.25, 0.3) is 0 Å². The summed E-state index contributed by atoms with van der Waals surface area (Å²) in [5.74, 6) is 0.184. The molecule has 0 aliphatic heterocycles. The van der Waals surface area contributed by atoms with Gasteiger partial charge in [-0.3, -0.25) is 4.68 Å². The second-order valence-corrected chi connectivity index (χ2v) is 5.82. The Bertz CT molecular complexity index is 661. The van der Waals surface area contributed by atoms with Crippen LogP contribution in [0.1, 0.15) is 18.0 Å². The van der Waals surface area contributed by atoms with Crippen molar-refractivity contribution in [1.82, 2.24) is 15.1 Å². The summed E-state index contributed by atoms with van der Waals surface area (Å²) in [7, 11) is 0. The minimum Gasteiger partial charge on any atom is -0.484 e. The summed E-state index contributed by atoms with van der Waals surface area (Å²) in [5.41, 5.74) is 0.815. The van der Waals surface area contributed by atoms with Crippen molar-refractivity contribution in [2.75, 3.05) is 6.61 Å². The predicted molar refractivity (Wildman–Crippen MR) is 80.5 cm³/mol. The SMILES string of the molecule is O[C@@H]1C[C@H](NCc2cccc(OCC(F)(F)F)c2)[C@H]1n1cccn1. The van der Waals surface area contributed by atoms with Gasteiger partial charge in [0.2, 0.25) is 0 Å². The van der Waals surface area contributed by atoms with E-state index in [-0.39, 0.29) is 17.8 Å². The van der Waals surface area contributed by atoms with Gasteiger partial charge in [-0.25, -0.2) is 0 Å². The van der Waals surface area contributed by atoms with Crippen molar-refractivity contribution in [3.05, 3.63) is 48.3 Å². The smallest absolute Gasteiger partial charge is 0.422 e. The van der Waals surface area contributed by atoms with Gasteiger partial charge < -0.3 is 15.2 Å².